The molecule has 0 aliphatic carbocycles. The van der Waals surface area contributed by atoms with Crippen LogP contribution in [0.1, 0.15) is 17.5 Å². The van der Waals surface area contributed by atoms with E-state index in [9.17, 15) is 4.39 Å². The van der Waals surface area contributed by atoms with Crippen molar-refractivity contribution in [2.24, 2.45) is 4.99 Å². The van der Waals surface area contributed by atoms with Crippen LogP contribution >= 0.6 is 24.0 Å². The Kier molecular flexibility index (Phi) is 7.67. The van der Waals surface area contributed by atoms with Crippen molar-refractivity contribution in [2.45, 2.75) is 13.0 Å². The summed E-state index contributed by atoms with van der Waals surface area (Å²) in [5.74, 6) is 1.49. The fourth-order valence-electron chi connectivity index (χ4n) is 2.52. The quantitative estimate of drug-likeness (QED) is 0.397. The molecule has 0 saturated heterocycles. The van der Waals surface area contributed by atoms with Gasteiger partial charge in [0.2, 0.25) is 0 Å². The zero-order valence-corrected chi connectivity index (χ0v) is 17.1. The van der Waals surface area contributed by atoms with Crippen molar-refractivity contribution in [3.8, 4) is 17.6 Å². The summed E-state index contributed by atoms with van der Waals surface area (Å²) >= 11 is 0. The number of hydrogen-bond donors (Lipinski definition) is 2. The number of aliphatic imine (C=N–C) groups is 1. The van der Waals surface area contributed by atoms with Crippen LogP contribution in [0.5, 0.6) is 11.5 Å². The zero-order valence-electron chi connectivity index (χ0n) is 14.8. The number of halogens is 2. The highest BCUT2D eigenvalue weighted by atomic mass is 127. The van der Waals surface area contributed by atoms with Crippen LogP contribution in [0.2, 0.25) is 0 Å². The molecule has 0 spiro atoms. The molecule has 0 unspecified atom stereocenters. The monoisotopic (exact) mass is 482 g/mol. The molecule has 8 heteroatoms. The lowest BCUT2D eigenvalue weighted by molar-refractivity contribution is 0.297. The summed E-state index contributed by atoms with van der Waals surface area (Å²) in [5.41, 5.74) is 1.58. The van der Waals surface area contributed by atoms with Gasteiger partial charge in [-0.15, -0.1) is 24.0 Å². The third-order valence-electron chi connectivity index (χ3n) is 3.85. The number of benzene rings is 2. The number of ether oxygens (including phenoxy) is 2. The second kappa shape index (κ2) is 9.97. The Bertz CT molecular complexity index is 867. The Hall–Kier alpha value is -2.54. The van der Waals surface area contributed by atoms with Gasteiger partial charge in [0.1, 0.15) is 5.82 Å². The van der Waals surface area contributed by atoms with Crippen molar-refractivity contribution in [3.05, 3.63) is 53.3 Å². The average Bonchev–Trinajstić information content (AvgIpc) is 2.91. The maximum Gasteiger partial charge on any atom is 0.195 e. The Balaban J connectivity index is 0.00000261. The number of rotatable bonds is 3. The Labute approximate surface area is 174 Å². The van der Waals surface area contributed by atoms with E-state index in [-0.39, 0.29) is 36.3 Å². The molecule has 6 nitrogen and oxygen atoms in total. The van der Waals surface area contributed by atoms with E-state index in [2.05, 4.69) is 15.6 Å². The molecule has 0 fully saturated rings. The molecule has 0 saturated carbocycles. The number of guanidine groups is 1. The Morgan fingerprint density at radius 3 is 2.70 bits per heavy atom. The van der Waals surface area contributed by atoms with E-state index in [0.29, 0.717) is 41.8 Å². The molecule has 1 aliphatic rings. The fraction of sp³-hybridized carbons (Fsp3) is 0.263. The average molecular weight is 482 g/mol. The van der Waals surface area contributed by atoms with Gasteiger partial charge < -0.3 is 20.1 Å². The lowest BCUT2D eigenvalue weighted by Crippen LogP contribution is -2.30. The van der Waals surface area contributed by atoms with E-state index in [0.717, 1.165) is 12.1 Å². The van der Waals surface area contributed by atoms with E-state index in [1.165, 1.54) is 18.2 Å². The van der Waals surface area contributed by atoms with Gasteiger partial charge in [0.25, 0.3) is 0 Å². The molecule has 1 heterocycles. The Morgan fingerprint density at radius 2 is 1.96 bits per heavy atom. The molecule has 2 aromatic carbocycles. The summed E-state index contributed by atoms with van der Waals surface area (Å²) in [6, 6.07) is 11.8. The fourth-order valence-corrected chi connectivity index (χ4v) is 2.52. The third kappa shape index (κ3) is 5.47. The first-order valence-corrected chi connectivity index (χ1v) is 8.25. The van der Waals surface area contributed by atoms with Crippen LogP contribution in [-0.2, 0) is 6.54 Å². The van der Waals surface area contributed by atoms with Crippen LogP contribution in [0.15, 0.2) is 41.4 Å². The smallest absolute Gasteiger partial charge is 0.195 e. The van der Waals surface area contributed by atoms with Gasteiger partial charge in [0.05, 0.1) is 24.8 Å². The highest BCUT2D eigenvalue weighted by Crippen LogP contribution is 2.32. The number of nitrogens with zero attached hydrogens (tertiary/aromatic N) is 2. The van der Waals surface area contributed by atoms with E-state index in [4.69, 9.17) is 14.7 Å². The standard InChI is InChI=1S/C19H19FN4O2.HI/c1-22-19(23-12-14-9-13(11-21)3-5-16(14)20)24-15-4-6-17-18(10-15)26-8-2-7-25-17;/h3-6,9-10H,2,7-8,12H2,1H3,(H2,22,23,24);1H. The summed E-state index contributed by atoms with van der Waals surface area (Å²) in [6.07, 6.45) is 0.841. The first kappa shape index (κ1) is 20.8. The van der Waals surface area contributed by atoms with Gasteiger partial charge in [0, 0.05) is 37.3 Å². The second-order valence-corrected chi connectivity index (χ2v) is 5.68. The lowest BCUT2D eigenvalue weighted by Gasteiger charge is -2.14. The molecular weight excluding hydrogens is 462 g/mol. The highest BCUT2D eigenvalue weighted by molar-refractivity contribution is 14.0. The molecule has 0 bridgehead atoms. The predicted molar refractivity (Wildman–Crippen MR) is 112 cm³/mol. The third-order valence-corrected chi connectivity index (χ3v) is 3.85. The zero-order chi connectivity index (χ0) is 18.4. The lowest BCUT2D eigenvalue weighted by atomic mass is 10.1. The summed E-state index contributed by atoms with van der Waals surface area (Å²) < 4.78 is 25.2. The number of nitrogens with one attached hydrogen (secondary N) is 2. The molecule has 27 heavy (non-hydrogen) atoms. The molecule has 0 atom stereocenters. The maximum atomic E-state index is 13.9. The van der Waals surface area contributed by atoms with Crippen LogP contribution in [0.4, 0.5) is 10.1 Å². The minimum atomic E-state index is -0.373. The van der Waals surface area contributed by atoms with Gasteiger partial charge in [-0.25, -0.2) is 4.39 Å². The SMILES string of the molecule is CN=C(NCc1cc(C#N)ccc1F)Nc1ccc2c(c1)OCCCO2.I. The highest BCUT2D eigenvalue weighted by Gasteiger charge is 2.11. The number of fused-ring (bicyclic) bond motifs is 1. The van der Waals surface area contributed by atoms with Gasteiger partial charge in [-0.1, -0.05) is 0 Å². The van der Waals surface area contributed by atoms with Gasteiger partial charge in [0.15, 0.2) is 17.5 Å². The van der Waals surface area contributed by atoms with Crippen LogP contribution in [0, 0.1) is 17.1 Å². The molecule has 3 rings (SSSR count). The minimum Gasteiger partial charge on any atom is -0.490 e. The summed E-state index contributed by atoms with van der Waals surface area (Å²) in [4.78, 5) is 4.14. The predicted octanol–water partition coefficient (Wildman–Crippen LogP) is 3.66. The largest absolute Gasteiger partial charge is 0.490 e. The van der Waals surface area contributed by atoms with Crippen molar-refractivity contribution in [2.75, 3.05) is 25.6 Å². The van der Waals surface area contributed by atoms with E-state index in [1.807, 2.05) is 24.3 Å². The van der Waals surface area contributed by atoms with Crippen molar-refractivity contribution in [1.82, 2.24) is 5.32 Å². The first-order chi connectivity index (χ1) is 12.7. The van der Waals surface area contributed by atoms with E-state index >= 15 is 0 Å². The molecule has 2 aromatic rings. The van der Waals surface area contributed by atoms with Gasteiger partial charge >= 0.3 is 0 Å². The maximum absolute atomic E-state index is 13.9. The number of anilines is 1. The second-order valence-electron chi connectivity index (χ2n) is 5.68. The normalized spacial score (nSPS) is 13.0. The van der Waals surface area contributed by atoms with Crippen LogP contribution < -0.4 is 20.1 Å². The van der Waals surface area contributed by atoms with Gasteiger partial charge in [-0.05, 0) is 30.3 Å². The van der Waals surface area contributed by atoms with Crippen molar-refractivity contribution in [3.63, 3.8) is 0 Å². The van der Waals surface area contributed by atoms with E-state index < -0.39 is 0 Å². The van der Waals surface area contributed by atoms with Crippen LogP contribution in [0.25, 0.3) is 0 Å². The minimum absolute atomic E-state index is 0. The summed E-state index contributed by atoms with van der Waals surface area (Å²) in [6.45, 7) is 1.44. The van der Waals surface area contributed by atoms with E-state index in [1.54, 1.807) is 7.05 Å². The van der Waals surface area contributed by atoms with Gasteiger partial charge in [-0.3, -0.25) is 4.99 Å². The molecule has 2 N–H and O–H groups in total. The van der Waals surface area contributed by atoms with Gasteiger partial charge in [-0.2, -0.15) is 5.26 Å². The van der Waals surface area contributed by atoms with Crippen molar-refractivity contribution >= 4 is 35.6 Å². The molecule has 0 aromatic heterocycles. The van der Waals surface area contributed by atoms with Crippen LogP contribution in [-0.4, -0.2) is 26.2 Å². The molecule has 0 amide bonds. The molecule has 0 radical (unpaired) electrons. The Morgan fingerprint density at radius 1 is 1.19 bits per heavy atom. The van der Waals surface area contributed by atoms with Crippen LogP contribution in [0.3, 0.4) is 0 Å². The molecule has 1 aliphatic heterocycles. The molecule has 142 valence electrons. The van der Waals surface area contributed by atoms with Crippen molar-refractivity contribution in [1.29, 1.82) is 5.26 Å². The topological polar surface area (TPSA) is 78.7 Å². The number of nitriles is 1. The first-order valence-electron chi connectivity index (χ1n) is 8.25. The molecular formula is C19H20FIN4O2. The number of hydrogen-bond acceptors (Lipinski definition) is 4. The summed E-state index contributed by atoms with van der Waals surface area (Å²) in [5, 5.41) is 15.1. The summed E-state index contributed by atoms with van der Waals surface area (Å²) in [7, 11) is 1.63. The van der Waals surface area contributed by atoms with Crippen molar-refractivity contribution < 1.29 is 13.9 Å².